The molecule has 3 heteroatoms. The van der Waals surface area contributed by atoms with Gasteiger partial charge in [0.2, 0.25) is 0 Å². The maximum Gasteiger partial charge on any atom is 0.142 e. The Labute approximate surface area is 123 Å². The number of rotatable bonds is 5. The molecular formula is C17H31NO2. The zero-order chi connectivity index (χ0) is 15.3. The molecule has 0 amide bonds. The van der Waals surface area contributed by atoms with Crippen LogP contribution in [0.15, 0.2) is 0 Å². The molecule has 2 saturated carbocycles. The van der Waals surface area contributed by atoms with Crippen LogP contribution in [0.2, 0.25) is 0 Å². The SMILES string of the molecule is CC(C)N(C[C@H](O)[C@]12CC[C@H](CC1=O)C2(C)C)C(C)C. The van der Waals surface area contributed by atoms with Gasteiger partial charge in [-0.2, -0.15) is 0 Å². The summed E-state index contributed by atoms with van der Waals surface area (Å²) in [4.78, 5) is 14.9. The van der Waals surface area contributed by atoms with Crippen LogP contribution in [-0.2, 0) is 4.79 Å². The first-order valence-corrected chi connectivity index (χ1v) is 8.11. The molecule has 2 fully saturated rings. The molecule has 116 valence electrons. The van der Waals surface area contributed by atoms with Gasteiger partial charge in [0, 0.05) is 25.0 Å². The van der Waals surface area contributed by atoms with Gasteiger partial charge < -0.3 is 5.11 Å². The minimum atomic E-state index is -0.540. The molecule has 20 heavy (non-hydrogen) atoms. The van der Waals surface area contributed by atoms with E-state index in [1.54, 1.807) is 0 Å². The molecule has 3 atom stereocenters. The van der Waals surface area contributed by atoms with Crippen molar-refractivity contribution in [2.45, 2.75) is 79.0 Å². The Balaban J connectivity index is 2.23. The highest BCUT2D eigenvalue weighted by Gasteiger charge is 2.67. The predicted octanol–water partition coefficient (Wildman–Crippen LogP) is 2.86. The summed E-state index contributed by atoms with van der Waals surface area (Å²) in [5, 5.41) is 10.9. The van der Waals surface area contributed by atoms with E-state index in [0.29, 0.717) is 36.8 Å². The first kappa shape index (κ1) is 16.0. The van der Waals surface area contributed by atoms with Crippen molar-refractivity contribution in [2.24, 2.45) is 16.7 Å². The molecule has 0 aromatic carbocycles. The molecule has 2 rings (SSSR count). The summed E-state index contributed by atoms with van der Waals surface area (Å²) in [6.45, 7) is 13.6. The second kappa shape index (κ2) is 5.10. The third-order valence-electron chi connectivity index (χ3n) is 6.27. The van der Waals surface area contributed by atoms with E-state index in [9.17, 15) is 9.90 Å². The lowest BCUT2D eigenvalue weighted by Crippen LogP contribution is -2.53. The van der Waals surface area contributed by atoms with Crippen LogP contribution >= 0.6 is 0 Å². The van der Waals surface area contributed by atoms with Crippen LogP contribution in [0.25, 0.3) is 0 Å². The Morgan fingerprint density at radius 2 is 1.80 bits per heavy atom. The van der Waals surface area contributed by atoms with E-state index in [2.05, 4.69) is 46.4 Å². The zero-order valence-electron chi connectivity index (χ0n) is 13.9. The molecule has 0 aromatic rings. The van der Waals surface area contributed by atoms with Crippen LogP contribution in [0.1, 0.15) is 60.8 Å². The van der Waals surface area contributed by atoms with Crippen molar-refractivity contribution >= 4 is 5.78 Å². The fraction of sp³-hybridized carbons (Fsp3) is 0.941. The summed E-state index contributed by atoms with van der Waals surface area (Å²) in [5.41, 5.74) is -0.553. The average molecular weight is 281 g/mol. The first-order chi connectivity index (χ1) is 9.14. The third kappa shape index (κ3) is 2.05. The number of ketones is 1. The minimum absolute atomic E-state index is 0.0525. The summed E-state index contributed by atoms with van der Waals surface area (Å²) in [5.74, 6) is 0.773. The normalized spacial score (nSPS) is 33.7. The molecule has 1 N–H and O–H groups in total. The number of aliphatic hydroxyl groups excluding tert-OH is 1. The Kier molecular flexibility index (Phi) is 4.07. The van der Waals surface area contributed by atoms with Gasteiger partial charge in [-0.1, -0.05) is 13.8 Å². The molecule has 0 aromatic heterocycles. The zero-order valence-corrected chi connectivity index (χ0v) is 13.9. The lowest BCUT2D eigenvalue weighted by Gasteiger charge is -2.43. The van der Waals surface area contributed by atoms with Gasteiger partial charge in [0.1, 0.15) is 5.78 Å². The smallest absolute Gasteiger partial charge is 0.142 e. The van der Waals surface area contributed by atoms with Gasteiger partial charge in [0.25, 0.3) is 0 Å². The number of nitrogens with zero attached hydrogens (tertiary/aromatic N) is 1. The van der Waals surface area contributed by atoms with Gasteiger partial charge in [0.05, 0.1) is 11.5 Å². The highest BCUT2D eigenvalue weighted by molar-refractivity contribution is 5.90. The van der Waals surface area contributed by atoms with Crippen LogP contribution in [-0.4, -0.2) is 40.5 Å². The lowest BCUT2D eigenvalue weighted by molar-refractivity contribution is -0.140. The maximum atomic E-state index is 12.6. The molecule has 0 radical (unpaired) electrons. The van der Waals surface area contributed by atoms with E-state index in [4.69, 9.17) is 0 Å². The predicted molar refractivity (Wildman–Crippen MR) is 81.5 cm³/mol. The van der Waals surface area contributed by atoms with Gasteiger partial charge in [-0.3, -0.25) is 9.69 Å². The van der Waals surface area contributed by atoms with E-state index in [1.807, 2.05) is 0 Å². The molecule has 0 heterocycles. The third-order valence-corrected chi connectivity index (χ3v) is 6.27. The van der Waals surface area contributed by atoms with Gasteiger partial charge in [-0.15, -0.1) is 0 Å². The summed E-state index contributed by atoms with van der Waals surface area (Å²) >= 11 is 0. The second-order valence-corrected chi connectivity index (χ2v) is 7.96. The lowest BCUT2D eigenvalue weighted by atomic mass is 9.65. The monoisotopic (exact) mass is 281 g/mol. The number of carbonyl (C=O) groups is 1. The van der Waals surface area contributed by atoms with Gasteiger partial charge >= 0.3 is 0 Å². The van der Waals surface area contributed by atoms with E-state index in [1.165, 1.54) is 0 Å². The van der Waals surface area contributed by atoms with Crippen LogP contribution in [0.5, 0.6) is 0 Å². The van der Waals surface area contributed by atoms with Crippen molar-refractivity contribution < 1.29 is 9.90 Å². The fourth-order valence-electron chi connectivity index (χ4n) is 4.87. The Hall–Kier alpha value is -0.410. The van der Waals surface area contributed by atoms with Crippen molar-refractivity contribution in [1.29, 1.82) is 0 Å². The first-order valence-electron chi connectivity index (χ1n) is 8.11. The molecule has 2 aliphatic carbocycles. The molecular weight excluding hydrogens is 250 g/mol. The van der Waals surface area contributed by atoms with E-state index >= 15 is 0 Å². The van der Waals surface area contributed by atoms with Crippen LogP contribution in [0.4, 0.5) is 0 Å². The molecule has 0 unspecified atom stereocenters. The highest BCUT2D eigenvalue weighted by Crippen LogP contribution is 2.65. The number of carbonyl (C=O) groups excluding carboxylic acids is 1. The molecule has 0 spiro atoms. The van der Waals surface area contributed by atoms with Crippen molar-refractivity contribution in [1.82, 2.24) is 4.90 Å². The molecule has 0 aliphatic heterocycles. The Bertz CT molecular complexity index is 380. The van der Waals surface area contributed by atoms with Crippen molar-refractivity contribution in [3.05, 3.63) is 0 Å². The van der Waals surface area contributed by atoms with Crippen LogP contribution in [0, 0.1) is 16.7 Å². The Morgan fingerprint density at radius 1 is 1.25 bits per heavy atom. The number of hydrogen-bond acceptors (Lipinski definition) is 3. The van der Waals surface area contributed by atoms with Crippen molar-refractivity contribution in [3.63, 3.8) is 0 Å². The number of fused-ring (bicyclic) bond motifs is 2. The minimum Gasteiger partial charge on any atom is -0.391 e. The largest absolute Gasteiger partial charge is 0.391 e. The molecule has 2 bridgehead atoms. The van der Waals surface area contributed by atoms with Crippen molar-refractivity contribution in [3.8, 4) is 0 Å². The van der Waals surface area contributed by atoms with Crippen LogP contribution in [0.3, 0.4) is 0 Å². The fourth-order valence-corrected chi connectivity index (χ4v) is 4.87. The number of aliphatic hydroxyl groups is 1. The summed E-state index contributed by atoms with van der Waals surface area (Å²) < 4.78 is 0. The molecule has 3 nitrogen and oxygen atoms in total. The van der Waals surface area contributed by atoms with Crippen LogP contribution < -0.4 is 0 Å². The topological polar surface area (TPSA) is 40.5 Å². The van der Waals surface area contributed by atoms with E-state index in [-0.39, 0.29) is 5.41 Å². The van der Waals surface area contributed by atoms with Gasteiger partial charge in [-0.05, 0) is 51.9 Å². The van der Waals surface area contributed by atoms with E-state index < -0.39 is 11.5 Å². The summed E-state index contributed by atoms with van der Waals surface area (Å²) in [6, 6.07) is 0.774. The quantitative estimate of drug-likeness (QED) is 0.842. The maximum absolute atomic E-state index is 12.6. The molecule has 2 aliphatic rings. The summed E-state index contributed by atoms with van der Waals surface area (Å²) in [6.07, 6.45) is 2.10. The standard InChI is InChI=1S/C17H31NO2/c1-11(2)18(12(3)4)10-15(20)17-8-7-13(9-14(17)19)16(17,5)6/h11-13,15,20H,7-10H2,1-6H3/t13-,15+,17+/m1/s1. The van der Waals surface area contributed by atoms with E-state index in [0.717, 1.165) is 12.8 Å². The average Bonchev–Trinajstić information content (AvgIpc) is 2.69. The molecule has 0 saturated heterocycles. The van der Waals surface area contributed by atoms with Gasteiger partial charge in [-0.25, -0.2) is 0 Å². The number of Topliss-reactive ketones (excluding diaryl/α,β-unsaturated/α-hetero) is 1. The summed E-state index contributed by atoms with van der Waals surface area (Å²) in [7, 11) is 0. The number of hydrogen-bond donors (Lipinski definition) is 1. The van der Waals surface area contributed by atoms with Crippen molar-refractivity contribution in [2.75, 3.05) is 6.54 Å². The second-order valence-electron chi connectivity index (χ2n) is 7.96. The highest BCUT2D eigenvalue weighted by atomic mass is 16.3. The Morgan fingerprint density at radius 3 is 2.15 bits per heavy atom. The van der Waals surface area contributed by atoms with Gasteiger partial charge in [0.15, 0.2) is 0 Å².